The lowest BCUT2D eigenvalue weighted by Gasteiger charge is -2.17. The summed E-state index contributed by atoms with van der Waals surface area (Å²) in [5.74, 6) is -0.264. The van der Waals surface area contributed by atoms with Crippen LogP contribution in [0.5, 0.6) is 0 Å². The number of halogens is 3. The molecule has 100 valence electrons. The number of hydrogen-bond acceptors (Lipinski definition) is 2. The van der Waals surface area contributed by atoms with Gasteiger partial charge >= 0.3 is 0 Å². The Kier molecular flexibility index (Phi) is 4.67. The minimum absolute atomic E-state index is 0.0508. The molecule has 0 aliphatic heterocycles. The molecule has 0 bridgehead atoms. The Labute approximate surface area is 133 Å². The molecule has 0 amide bonds. The van der Waals surface area contributed by atoms with Crippen molar-refractivity contribution >= 4 is 49.9 Å². The quantitative estimate of drug-likeness (QED) is 0.529. The van der Waals surface area contributed by atoms with Gasteiger partial charge in [0, 0.05) is 16.6 Å². The second-order valence-electron chi connectivity index (χ2n) is 4.27. The molecule has 0 heterocycles. The molecule has 1 atom stereocenters. The van der Waals surface area contributed by atoms with E-state index >= 15 is 0 Å². The summed E-state index contributed by atoms with van der Waals surface area (Å²) in [7, 11) is 0. The molecule has 1 unspecified atom stereocenters. The van der Waals surface area contributed by atoms with E-state index in [4.69, 9.17) is 5.73 Å². The van der Waals surface area contributed by atoms with E-state index in [1.807, 2.05) is 53.8 Å². The molecule has 0 radical (unpaired) electrons. The van der Waals surface area contributed by atoms with Gasteiger partial charge in [-0.25, -0.2) is 4.39 Å². The van der Waals surface area contributed by atoms with Crippen LogP contribution in [0.3, 0.4) is 0 Å². The first-order valence-corrected chi connectivity index (χ1v) is 7.61. The number of nitrogen functional groups attached to an aromatic ring is 1. The molecule has 0 aliphatic carbocycles. The summed E-state index contributed by atoms with van der Waals surface area (Å²) < 4.78 is 15.1. The van der Waals surface area contributed by atoms with Crippen LogP contribution >= 0.6 is 38.5 Å². The Morgan fingerprint density at radius 1 is 1.26 bits per heavy atom. The van der Waals surface area contributed by atoms with Gasteiger partial charge in [0.15, 0.2) is 0 Å². The molecule has 5 heteroatoms. The smallest absolute Gasteiger partial charge is 0.138 e. The monoisotopic (exact) mass is 434 g/mol. The number of hydrogen-bond donors (Lipinski definition) is 2. The van der Waals surface area contributed by atoms with Crippen molar-refractivity contribution in [3.8, 4) is 0 Å². The Hall–Kier alpha value is -0.820. The van der Waals surface area contributed by atoms with Crippen molar-refractivity contribution in [1.82, 2.24) is 0 Å². The van der Waals surface area contributed by atoms with Crippen molar-refractivity contribution in [3.63, 3.8) is 0 Å². The normalized spacial score (nSPS) is 12.2. The van der Waals surface area contributed by atoms with Crippen LogP contribution in [-0.4, -0.2) is 0 Å². The summed E-state index contributed by atoms with van der Waals surface area (Å²) in [5, 5.41) is 3.23. The van der Waals surface area contributed by atoms with E-state index in [1.54, 1.807) is 6.07 Å². The molecule has 2 rings (SSSR count). The molecule has 2 aromatic carbocycles. The van der Waals surface area contributed by atoms with E-state index in [2.05, 4.69) is 21.2 Å². The first-order chi connectivity index (χ1) is 8.97. The zero-order chi connectivity index (χ0) is 14.0. The van der Waals surface area contributed by atoms with Crippen LogP contribution in [0.1, 0.15) is 18.5 Å². The highest BCUT2D eigenvalue weighted by atomic mass is 127. The number of nitrogens with one attached hydrogen (secondary N) is 1. The summed E-state index contributed by atoms with van der Waals surface area (Å²) in [6, 6.07) is 11.1. The zero-order valence-corrected chi connectivity index (χ0v) is 14.0. The standard InChI is InChI=1S/C14H13BrFIN2/c1-8(9-2-4-10(15)5-3-9)19-14-6-11(16)12(17)7-13(14)18/h2-8,19H,18H2,1H3. The van der Waals surface area contributed by atoms with E-state index < -0.39 is 0 Å². The van der Waals surface area contributed by atoms with Gasteiger partial charge in [0.1, 0.15) is 5.82 Å². The molecular formula is C14H13BrFIN2. The fourth-order valence-electron chi connectivity index (χ4n) is 1.76. The molecule has 19 heavy (non-hydrogen) atoms. The summed E-state index contributed by atoms with van der Waals surface area (Å²) in [6.45, 7) is 2.01. The number of rotatable bonds is 3. The third-order valence-electron chi connectivity index (χ3n) is 2.83. The lowest BCUT2D eigenvalue weighted by Crippen LogP contribution is -2.09. The van der Waals surface area contributed by atoms with Crippen LogP contribution in [-0.2, 0) is 0 Å². The van der Waals surface area contributed by atoms with Gasteiger partial charge in [0.25, 0.3) is 0 Å². The molecule has 0 aliphatic rings. The lowest BCUT2D eigenvalue weighted by molar-refractivity contribution is 0.620. The molecule has 0 spiro atoms. The van der Waals surface area contributed by atoms with Crippen molar-refractivity contribution in [1.29, 1.82) is 0 Å². The molecule has 0 aromatic heterocycles. The Morgan fingerprint density at radius 3 is 2.53 bits per heavy atom. The first-order valence-electron chi connectivity index (χ1n) is 5.74. The minimum atomic E-state index is -0.264. The van der Waals surface area contributed by atoms with Crippen molar-refractivity contribution in [2.45, 2.75) is 13.0 Å². The van der Waals surface area contributed by atoms with Gasteiger partial charge in [-0.1, -0.05) is 28.1 Å². The second-order valence-corrected chi connectivity index (χ2v) is 6.35. The van der Waals surface area contributed by atoms with Crippen molar-refractivity contribution in [2.24, 2.45) is 0 Å². The molecule has 0 saturated carbocycles. The number of nitrogens with two attached hydrogens (primary N) is 1. The van der Waals surface area contributed by atoms with Gasteiger partial charge < -0.3 is 11.1 Å². The summed E-state index contributed by atoms with van der Waals surface area (Å²) in [4.78, 5) is 0. The molecule has 3 N–H and O–H groups in total. The van der Waals surface area contributed by atoms with Gasteiger partial charge in [0.2, 0.25) is 0 Å². The summed E-state index contributed by atoms with van der Waals surface area (Å²) >= 11 is 5.33. The second kappa shape index (κ2) is 6.09. The molecule has 2 aromatic rings. The van der Waals surface area contributed by atoms with Crippen LogP contribution in [0.2, 0.25) is 0 Å². The summed E-state index contributed by atoms with van der Waals surface area (Å²) in [6.07, 6.45) is 0. The number of anilines is 2. The highest BCUT2D eigenvalue weighted by Gasteiger charge is 2.10. The van der Waals surface area contributed by atoms with Gasteiger partial charge in [-0.05, 0) is 53.3 Å². The van der Waals surface area contributed by atoms with Crippen molar-refractivity contribution < 1.29 is 4.39 Å². The van der Waals surface area contributed by atoms with Crippen molar-refractivity contribution in [2.75, 3.05) is 11.1 Å². The van der Waals surface area contributed by atoms with Crippen LogP contribution in [0.25, 0.3) is 0 Å². The molecule has 2 nitrogen and oxygen atoms in total. The Balaban J connectivity index is 2.21. The lowest BCUT2D eigenvalue weighted by atomic mass is 10.1. The van der Waals surface area contributed by atoms with Gasteiger partial charge in [-0.3, -0.25) is 0 Å². The largest absolute Gasteiger partial charge is 0.397 e. The minimum Gasteiger partial charge on any atom is -0.397 e. The molecule has 0 fully saturated rings. The highest BCUT2D eigenvalue weighted by Crippen LogP contribution is 2.28. The average Bonchev–Trinajstić information content (AvgIpc) is 2.36. The predicted octanol–water partition coefficient (Wildman–Crippen LogP) is 4.95. The maximum absolute atomic E-state index is 13.6. The molecule has 0 saturated heterocycles. The maximum atomic E-state index is 13.6. The van der Waals surface area contributed by atoms with E-state index in [-0.39, 0.29) is 11.9 Å². The first kappa shape index (κ1) is 14.6. The fraction of sp³-hybridized carbons (Fsp3) is 0.143. The molecular weight excluding hydrogens is 422 g/mol. The fourth-order valence-corrected chi connectivity index (χ4v) is 2.51. The van der Waals surface area contributed by atoms with Gasteiger partial charge in [-0.2, -0.15) is 0 Å². The Morgan fingerprint density at radius 2 is 1.89 bits per heavy atom. The highest BCUT2D eigenvalue weighted by molar-refractivity contribution is 14.1. The van der Waals surface area contributed by atoms with E-state index in [1.165, 1.54) is 6.07 Å². The average molecular weight is 435 g/mol. The zero-order valence-electron chi connectivity index (χ0n) is 10.3. The Bertz CT molecular complexity index is 587. The third-order valence-corrected chi connectivity index (χ3v) is 4.19. The van der Waals surface area contributed by atoms with E-state index in [9.17, 15) is 4.39 Å². The van der Waals surface area contributed by atoms with E-state index in [0.29, 0.717) is 14.9 Å². The number of benzene rings is 2. The van der Waals surface area contributed by atoms with Crippen LogP contribution in [0.4, 0.5) is 15.8 Å². The third kappa shape index (κ3) is 3.60. The topological polar surface area (TPSA) is 38.0 Å². The van der Waals surface area contributed by atoms with Crippen LogP contribution in [0.15, 0.2) is 40.9 Å². The van der Waals surface area contributed by atoms with Gasteiger partial charge in [0.05, 0.1) is 14.9 Å². The SMILES string of the molecule is CC(Nc1cc(F)c(I)cc1N)c1ccc(Br)cc1. The van der Waals surface area contributed by atoms with Crippen LogP contribution in [0, 0.1) is 9.39 Å². The predicted molar refractivity (Wildman–Crippen MR) is 89.7 cm³/mol. The maximum Gasteiger partial charge on any atom is 0.138 e. The van der Waals surface area contributed by atoms with E-state index in [0.717, 1.165) is 10.0 Å². The summed E-state index contributed by atoms with van der Waals surface area (Å²) in [5.41, 5.74) is 8.18. The van der Waals surface area contributed by atoms with Crippen molar-refractivity contribution in [3.05, 3.63) is 55.8 Å². The van der Waals surface area contributed by atoms with Gasteiger partial charge in [-0.15, -0.1) is 0 Å². The van der Waals surface area contributed by atoms with Crippen LogP contribution < -0.4 is 11.1 Å².